The monoisotopic (exact) mass is 282 g/mol. The lowest BCUT2D eigenvalue weighted by atomic mass is 10.0. The Bertz CT molecular complexity index is 630. The Morgan fingerprint density at radius 1 is 1.14 bits per heavy atom. The molecule has 110 valence electrons. The van der Waals surface area contributed by atoms with E-state index in [1.165, 1.54) is 5.56 Å². The molecule has 0 aliphatic carbocycles. The molecule has 0 saturated heterocycles. The lowest BCUT2D eigenvalue weighted by molar-refractivity contribution is 0.0950. The van der Waals surface area contributed by atoms with Gasteiger partial charge in [0.2, 0.25) is 0 Å². The number of nitrogens with one attached hydrogen (secondary N) is 1. The van der Waals surface area contributed by atoms with Crippen molar-refractivity contribution < 1.29 is 4.79 Å². The zero-order valence-corrected chi connectivity index (χ0v) is 12.8. The van der Waals surface area contributed by atoms with Crippen LogP contribution in [0, 0.1) is 6.92 Å². The molecule has 1 amide bonds. The minimum absolute atomic E-state index is 0.0901. The van der Waals surface area contributed by atoms with E-state index in [0.717, 1.165) is 11.1 Å². The Morgan fingerprint density at radius 2 is 1.81 bits per heavy atom. The Morgan fingerprint density at radius 3 is 2.43 bits per heavy atom. The van der Waals surface area contributed by atoms with E-state index in [2.05, 4.69) is 43.4 Å². The molecule has 0 aliphatic rings. The van der Waals surface area contributed by atoms with Crippen LogP contribution in [-0.2, 0) is 6.54 Å². The Kier molecular flexibility index (Phi) is 4.63. The molecule has 0 spiro atoms. The number of amides is 1. The fraction of sp³-hybridized carbons (Fsp3) is 0.278. The molecule has 0 unspecified atom stereocenters. The van der Waals surface area contributed by atoms with Crippen molar-refractivity contribution in [2.24, 2.45) is 0 Å². The van der Waals surface area contributed by atoms with Crippen molar-refractivity contribution in [1.29, 1.82) is 0 Å². The van der Waals surface area contributed by atoms with Crippen molar-refractivity contribution >= 4 is 11.6 Å². The quantitative estimate of drug-likeness (QED) is 0.841. The number of rotatable bonds is 4. The van der Waals surface area contributed by atoms with Crippen molar-refractivity contribution in [3.63, 3.8) is 0 Å². The van der Waals surface area contributed by atoms with Crippen molar-refractivity contribution in [3.8, 4) is 0 Å². The van der Waals surface area contributed by atoms with Crippen LogP contribution in [0.4, 0.5) is 5.69 Å². The molecule has 0 atom stereocenters. The molecule has 2 aromatic rings. The average Bonchev–Trinajstić information content (AvgIpc) is 2.47. The summed E-state index contributed by atoms with van der Waals surface area (Å²) in [5, 5.41) is 2.94. The number of hydrogen-bond acceptors (Lipinski definition) is 2. The van der Waals surface area contributed by atoms with E-state index in [1.807, 2.05) is 13.0 Å². The van der Waals surface area contributed by atoms with E-state index in [-0.39, 0.29) is 5.91 Å². The molecular weight excluding hydrogens is 260 g/mol. The van der Waals surface area contributed by atoms with E-state index in [0.29, 0.717) is 23.7 Å². The molecule has 0 fully saturated rings. The van der Waals surface area contributed by atoms with Crippen LogP contribution in [0.3, 0.4) is 0 Å². The summed E-state index contributed by atoms with van der Waals surface area (Å²) in [6.07, 6.45) is 0. The van der Waals surface area contributed by atoms with Crippen molar-refractivity contribution in [1.82, 2.24) is 5.32 Å². The highest BCUT2D eigenvalue weighted by Gasteiger charge is 2.09. The van der Waals surface area contributed by atoms with Gasteiger partial charge in [0.1, 0.15) is 0 Å². The zero-order valence-electron chi connectivity index (χ0n) is 12.8. The molecule has 3 N–H and O–H groups in total. The second kappa shape index (κ2) is 6.44. The largest absolute Gasteiger partial charge is 0.399 e. The van der Waals surface area contributed by atoms with Crippen molar-refractivity contribution in [3.05, 3.63) is 64.7 Å². The van der Waals surface area contributed by atoms with E-state index >= 15 is 0 Å². The van der Waals surface area contributed by atoms with Gasteiger partial charge in [-0.05, 0) is 41.7 Å². The molecule has 0 saturated carbocycles. The maximum atomic E-state index is 12.2. The van der Waals surface area contributed by atoms with E-state index in [9.17, 15) is 4.79 Å². The number of hydrogen-bond donors (Lipinski definition) is 2. The highest BCUT2D eigenvalue weighted by molar-refractivity contribution is 5.96. The van der Waals surface area contributed by atoms with E-state index in [4.69, 9.17) is 5.73 Å². The van der Waals surface area contributed by atoms with Crippen LogP contribution >= 0.6 is 0 Å². The summed E-state index contributed by atoms with van der Waals surface area (Å²) in [6, 6.07) is 13.7. The summed E-state index contributed by atoms with van der Waals surface area (Å²) in [5.41, 5.74) is 10.3. The molecule has 0 aliphatic heterocycles. The third-order valence-electron chi connectivity index (χ3n) is 3.61. The first kappa shape index (κ1) is 15.1. The molecule has 0 heterocycles. The number of carbonyl (C=O) groups excluding carboxylic acids is 1. The summed E-state index contributed by atoms with van der Waals surface area (Å²) in [6.45, 7) is 6.76. The van der Waals surface area contributed by atoms with Crippen LogP contribution in [0.2, 0.25) is 0 Å². The van der Waals surface area contributed by atoms with Crippen molar-refractivity contribution in [2.75, 3.05) is 5.73 Å². The van der Waals surface area contributed by atoms with E-state index in [1.54, 1.807) is 12.1 Å². The summed E-state index contributed by atoms with van der Waals surface area (Å²) in [5.74, 6) is 0.427. The summed E-state index contributed by atoms with van der Waals surface area (Å²) >= 11 is 0. The highest BCUT2D eigenvalue weighted by Crippen LogP contribution is 2.15. The van der Waals surface area contributed by atoms with Crippen LogP contribution in [0.1, 0.15) is 46.8 Å². The van der Waals surface area contributed by atoms with Crippen molar-refractivity contribution in [2.45, 2.75) is 33.2 Å². The van der Waals surface area contributed by atoms with Crippen LogP contribution < -0.4 is 11.1 Å². The molecule has 2 aromatic carbocycles. The lowest BCUT2D eigenvalue weighted by Gasteiger charge is -2.10. The SMILES string of the molecule is Cc1ccc(N)cc1C(=O)NCc1ccc(C(C)C)cc1. The first-order valence-corrected chi connectivity index (χ1v) is 7.20. The minimum atomic E-state index is -0.0901. The van der Waals surface area contributed by atoms with Gasteiger partial charge in [-0.3, -0.25) is 4.79 Å². The number of anilines is 1. The van der Waals surface area contributed by atoms with E-state index < -0.39 is 0 Å². The number of nitrogen functional groups attached to an aromatic ring is 1. The Labute approximate surface area is 126 Å². The van der Waals surface area contributed by atoms with Gasteiger partial charge >= 0.3 is 0 Å². The predicted octanol–water partition coefficient (Wildman–Crippen LogP) is 3.63. The third-order valence-corrected chi connectivity index (χ3v) is 3.61. The fourth-order valence-electron chi connectivity index (χ4n) is 2.18. The lowest BCUT2D eigenvalue weighted by Crippen LogP contribution is -2.23. The molecule has 2 rings (SSSR count). The van der Waals surface area contributed by atoms with Crippen LogP contribution in [-0.4, -0.2) is 5.91 Å². The van der Waals surface area contributed by atoms with Crippen LogP contribution in [0.5, 0.6) is 0 Å². The van der Waals surface area contributed by atoms with Gasteiger partial charge in [-0.15, -0.1) is 0 Å². The van der Waals surface area contributed by atoms with Gasteiger partial charge in [-0.25, -0.2) is 0 Å². The van der Waals surface area contributed by atoms with Gasteiger partial charge in [0.15, 0.2) is 0 Å². The van der Waals surface area contributed by atoms with Gasteiger partial charge in [-0.1, -0.05) is 44.2 Å². The molecule has 21 heavy (non-hydrogen) atoms. The highest BCUT2D eigenvalue weighted by atomic mass is 16.1. The second-order valence-corrected chi connectivity index (χ2v) is 5.65. The smallest absolute Gasteiger partial charge is 0.251 e. The third kappa shape index (κ3) is 3.85. The summed E-state index contributed by atoms with van der Waals surface area (Å²) in [7, 11) is 0. The molecule has 3 heteroatoms. The van der Waals surface area contributed by atoms with Gasteiger partial charge in [-0.2, -0.15) is 0 Å². The van der Waals surface area contributed by atoms with Crippen LogP contribution in [0.15, 0.2) is 42.5 Å². The molecule has 3 nitrogen and oxygen atoms in total. The first-order chi connectivity index (χ1) is 9.97. The number of carbonyl (C=O) groups is 1. The first-order valence-electron chi connectivity index (χ1n) is 7.20. The molecule has 0 bridgehead atoms. The van der Waals surface area contributed by atoms with Gasteiger partial charge in [0.05, 0.1) is 0 Å². The maximum absolute atomic E-state index is 12.2. The predicted molar refractivity (Wildman–Crippen MR) is 87.3 cm³/mol. The standard InChI is InChI=1S/C18H22N2O/c1-12(2)15-7-5-14(6-8-15)11-20-18(21)17-10-16(19)9-4-13(17)3/h4-10,12H,11,19H2,1-3H3,(H,20,21). The van der Waals surface area contributed by atoms with Gasteiger partial charge in [0, 0.05) is 17.8 Å². The number of aryl methyl sites for hydroxylation is 1. The molecular formula is C18H22N2O. The Balaban J connectivity index is 2.02. The Hall–Kier alpha value is -2.29. The van der Waals surface area contributed by atoms with Gasteiger partial charge in [0.25, 0.3) is 5.91 Å². The normalized spacial score (nSPS) is 10.7. The number of benzene rings is 2. The maximum Gasteiger partial charge on any atom is 0.251 e. The topological polar surface area (TPSA) is 55.1 Å². The zero-order chi connectivity index (χ0) is 15.4. The summed E-state index contributed by atoms with van der Waals surface area (Å²) in [4.78, 5) is 12.2. The number of nitrogens with two attached hydrogens (primary N) is 1. The van der Waals surface area contributed by atoms with Gasteiger partial charge < -0.3 is 11.1 Å². The molecule has 0 aromatic heterocycles. The summed E-state index contributed by atoms with van der Waals surface area (Å²) < 4.78 is 0. The minimum Gasteiger partial charge on any atom is -0.399 e. The molecule has 0 radical (unpaired) electrons. The second-order valence-electron chi connectivity index (χ2n) is 5.65. The fourth-order valence-corrected chi connectivity index (χ4v) is 2.18. The van der Waals surface area contributed by atoms with Crippen LogP contribution in [0.25, 0.3) is 0 Å². The average molecular weight is 282 g/mol.